The number of hydrogen-bond acceptors (Lipinski definition) is 6. The first-order chi connectivity index (χ1) is 10.0. The second kappa shape index (κ2) is 6.64. The number of aryl methyl sites for hydroxylation is 1. The van der Waals surface area contributed by atoms with Crippen LogP contribution in [0.2, 0.25) is 0 Å². The Bertz CT molecular complexity index is 536. The van der Waals surface area contributed by atoms with E-state index in [0.717, 1.165) is 13.1 Å². The van der Waals surface area contributed by atoms with Crippen LogP contribution in [0.25, 0.3) is 0 Å². The summed E-state index contributed by atoms with van der Waals surface area (Å²) in [6, 6.07) is 0. The predicted octanol–water partition coefficient (Wildman–Crippen LogP) is -0.301. The molecule has 2 rings (SSSR count). The van der Waals surface area contributed by atoms with Gasteiger partial charge in [0, 0.05) is 33.2 Å². The first-order valence-electron chi connectivity index (χ1n) is 6.77. The highest BCUT2D eigenvalue weighted by molar-refractivity contribution is 5.96. The maximum atomic E-state index is 12.0. The molecule has 0 radical (unpaired) electrons. The van der Waals surface area contributed by atoms with Crippen molar-refractivity contribution in [1.29, 1.82) is 0 Å². The van der Waals surface area contributed by atoms with Crippen molar-refractivity contribution in [2.24, 2.45) is 7.05 Å². The van der Waals surface area contributed by atoms with Crippen molar-refractivity contribution in [2.75, 3.05) is 39.4 Å². The molecule has 1 aromatic rings. The third-order valence-electron chi connectivity index (χ3n) is 3.52. The lowest BCUT2D eigenvalue weighted by atomic mass is 10.3. The van der Waals surface area contributed by atoms with Gasteiger partial charge in [-0.2, -0.15) is 5.10 Å². The number of carbonyl (C=O) groups is 1. The minimum atomic E-state index is -0.570. The van der Waals surface area contributed by atoms with Gasteiger partial charge in [-0.3, -0.25) is 24.5 Å². The molecule has 9 heteroatoms. The minimum Gasteiger partial charge on any atom is -0.379 e. The number of amides is 1. The molecule has 1 amide bonds. The maximum Gasteiger partial charge on any atom is 0.322 e. The summed E-state index contributed by atoms with van der Waals surface area (Å²) in [5.74, 6) is -0.515. The van der Waals surface area contributed by atoms with Crippen LogP contribution >= 0.6 is 0 Å². The quantitative estimate of drug-likeness (QED) is 0.591. The first-order valence-corrected chi connectivity index (χ1v) is 6.77. The van der Waals surface area contributed by atoms with Crippen LogP contribution in [-0.2, 0) is 11.8 Å². The van der Waals surface area contributed by atoms with Crippen molar-refractivity contribution in [2.45, 2.75) is 6.92 Å². The molecule has 1 saturated heterocycles. The van der Waals surface area contributed by atoms with Crippen molar-refractivity contribution in [3.05, 3.63) is 21.5 Å². The highest BCUT2D eigenvalue weighted by Gasteiger charge is 2.28. The molecule has 2 heterocycles. The number of nitro groups is 1. The van der Waals surface area contributed by atoms with E-state index in [9.17, 15) is 14.9 Å². The van der Waals surface area contributed by atoms with Crippen molar-refractivity contribution in [3.63, 3.8) is 0 Å². The number of carbonyl (C=O) groups excluding carboxylic acids is 1. The highest BCUT2D eigenvalue weighted by atomic mass is 16.6. The normalized spacial score (nSPS) is 15.9. The van der Waals surface area contributed by atoms with Crippen LogP contribution in [0, 0.1) is 17.0 Å². The minimum absolute atomic E-state index is 0.137. The van der Waals surface area contributed by atoms with Crippen molar-refractivity contribution in [1.82, 2.24) is 20.0 Å². The molecule has 0 saturated carbocycles. The fraction of sp³-hybridized carbons (Fsp3) is 0.667. The average molecular weight is 297 g/mol. The van der Waals surface area contributed by atoms with Crippen LogP contribution in [0.4, 0.5) is 5.69 Å². The predicted molar refractivity (Wildman–Crippen MR) is 74.2 cm³/mol. The SMILES string of the molecule is Cc1c([N+](=O)[O-])c(C(=O)NCCN2CCOCC2)nn1C. The molecular weight excluding hydrogens is 278 g/mol. The van der Waals surface area contributed by atoms with Gasteiger partial charge in [0.1, 0.15) is 5.69 Å². The van der Waals surface area contributed by atoms with Crippen LogP contribution in [0.5, 0.6) is 0 Å². The van der Waals surface area contributed by atoms with Gasteiger partial charge in [-0.05, 0) is 6.92 Å². The van der Waals surface area contributed by atoms with Gasteiger partial charge >= 0.3 is 5.69 Å². The fourth-order valence-corrected chi connectivity index (χ4v) is 2.20. The van der Waals surface area contributed by atoms with E-state index >= 15 is 0 Å². The lowest BCUT2D eigenvalue weighted by Crippen LogP contribution is -2.41. The molecule has 0 unspecified atom stereocenters. The van der Waals surface area contributed by atoms with E-state index in [2.05, 4.69) is 15.3 Å². The molecule has 0 spiro atoms. The topological polar surface area (TPSA) is 103 Å². The Labute approximate surface area is 122 Å². The number of rotatable bonds is 5. The summed E-state index contributed by atoms with van der Waals surface area (Å²) in [6.07, 6.45) is 0. The molecule has 1 fully saturated rings. The second-order valence-corrected chi connectivity index (χ2v) is 4.87. The molecule has 1 aliphatic heterocycles. The lowest BCUT2D eigenvalue weighted by Gasteiger charge is -2.26. The van der Waals surface area contributed by atoms with Crippen LogP contribution < -0.4 is 5.32 Å². The summed E-state index contributed by atoms with van der Waals surface area (Å²) in [4.78, 5) is 24.7. The Morgan fingerprint density at radius 3 is 2.76 bits per heavy atom. The Balaban J connectivity index is 1.94. The van der Waals surface area contributed by atoms with Gasteiger partial charge in [-0.1, -0.05) is 0 Å². The zero-order valence-corrected chi connectivity index (χ0v) is 12.2. The molecule has 0 aromatic carbocycles. The number of nitrogens with zero attached hydrogens (tertiary/aromatic N) is 4. The van der Waals surface area contributed by atoms with Crippen LogP contribution in [0.3, 0.4) is 0 Å². The molecule has 116 valence electrons. The third kappa shape index (κ3) is 3.56. The smallest absolute Gasteiger partial charge is 0.322 e. The van der Waals surface area contributed by atoms with Gasteiger partial charge in [0.2, 0.25) is 5.69 Å². The number of aromatic nitrogens is 2. The molecule has 9 nitrogen and oxygen atoms in total. The second-order valence-electron chi connectivity index (χ2n) is 4.87. The highest BCUT2D eigenvalue weighted by Crippen LogP contribution is 2.21. The van der Waals surface area contributed by atoms with Gasteiger partial charge in [0.15, 0.2) is 0 Å². The standard InChI is InChI=1S/C12H19N5O4/c1-9-11(17(19)20)10(14-15(9)2)12(18)13-3-4-16-5-7-21-8-6-16/h3-8H2,1-2H3,(H,13,18). The van der Waals surface area contributed by atoms with Crippen LogP contribution in [-0.4, -0.2) is 64.9 Å². The van der Waals surface area contributed by atoms with Crippen LogP contribution in [0.1, 0.15) is 16.2 Å². The van der Waals surface area contributed by atoms with E-state index in [1.807, 2.05) is 0 Å². The van der Waals surface area contributed by atoms with E-state index in [-0.39, 0.29) is 11.4 Å². The lowest BCUT2D eigenvalue weighted by molar-refractivity contribution is -0.385. The van der Waals surface area contributed by atoms with E-state index in [1.165, 1.54) is 4.68 Å². The Kier molecular flexibility index (Phi) is 4.86. The number of ether oxygens (including phenoxy) is 1. The van der Waals surface area contributed by atoms with Crippen molar-refractivity contribution >= 4 is 11.6 Å². The number of nitrogens with one attached hydrogen (secondary N) is 1. The van der Waals surface area contributed by atoms with Gasteiger partial charge in [-0.25, -0.2) is 0 Å². The van der Waals surface area contributed by atoms with E-state index < -0.39 is 10.8 Å². The van der Waals surface area contributed by atoms with E-state index in [4.69, 9.17) is 4.74 Å². The Hall–Kier alpha value is -2.00. The number of morpholine rings is 1. The fourth-order valence-electron chi connectivity index (χ4n) is 2.20. The van der Waals surface area contributed by atoms with Gasteiger partial charge in [0.05, 0.1) is 18.1 Å². The summed E-state index contributed by atoms with van der Waals surface area (Å²) in [7, 11) is 1.58. The molecule has 1 aromatic heterocycles. The molecule has 1 N–H and O–H groups in total. The molecule has 0 aliphatic carbocycles. The largest absolute Gasteiger partial charge is 0.379 e. The molecular formula is C12H19N5O4. The molecule has 21 heavy (non-hydrogen) atoms. The summed E-state index contributed by atoms with van der Waals surface area (Å²) in [6.45, 7) is 5.73. The zero-order chi connectivity index (χ0) is 15.4. The summed E-state index contributed by atoms with van der Waals surface area (Å²) < 4.78 is 6.58. The molecule has 0 atom stereocenters. The summed E-state index contributed by atoms with van der Waals surface area (Å²) >= 11 is 0. The van der Waals surface area contributed by atoms with Crippen molar-refractivity contribution < 1.29 is 14.5 Å². The third-order valence-corrected chi connectivity index (χ3v) is 3.52. The molecule has 1 aliphatic rings. The Morgan fingerprint density at radius 1 is 1.48 bits per heavy atom. The average Bonchev–Trinajstić information content (AvgIpc) is 2.76. The van der Waals surface area contributed by atoms with Crippen LogP contribution in [0.15, 0.2) is 0 Å². The maximum absolute atomic E-state index is 12.0. The monoisotopic (exact) mass is 297 g/mol. The van der Waals surface area contributed by atoms with Gasteiger partial charge in [-0.15, -0.1) is 0 Å². The Morgan fingerprint density at radius 2 is 2.14 bits per heavy atom. The summed E-state index contributed by atoms with van der Waals surface area (Å²) in [5, 5.41) is 17.6. The zero-order valence-electron chi connectivity index (χ0n) is 12.2. The van der Waals surface area contributed by atoms with Gasteiger partial charge < -0.3 is 10.1 Å². The van der Waals surface area contributed by atoms with E-state index in [1.54, 1.807) is 14.0 Å². The molecule has 0 bridgehead atoms. The summed E-state index contributed by atoms with van der Waals surface area (Å²) in [5.41, 5.74) is -0.0123. The van der Waals surface area contributed by atoms with Crippen molar-refractivity contribution in [3.8, 4) is 0 Å². The van der Waals surface area contributed by atoms with E-state index in [0.29, 0.717) is 32.0 Å². The number of hydrogen-bond donors (Lipinski definition) is 1. The van der Waals surface area contributed by atoms with Gasteiger partial charge in [0.25, 0.3) is 5.91 Å². The first kappa shape index (κ1) is 15.4.